The summed E-state index contributed by atoms with van der Waals surface area (Å²) in [5.74, 6) is 1.29. The van der Waals surface area contributed by atoms with Crippen LogP contribution in [0, 0.1) is 0 Å². The Kier molecular flexibility index (Phi) is 3.67. The summed E-state index contributed by atoms with van der Waals surface area (Å²) in [5, 5.41) is 1.22. The molecule has 0 saturated carbocycles. The highest BCUT2D eigenvalue weighted by Gasteiger charge is 2.14. The van der Waals surface area contributed by atoms with Crippen LogP contribution < -0.4 is 5.56 Å². The van der Waals surface area contributed by atoms with Crippen molar-refractivity contribution in [2.75, 3.05) is 0 Å². The van der Waals surface area contributed by atoms with Gasteiger partial charge in [-0.1, -0.05) is 23.7 Å². The highest BCUT2D eigenvalue weighted by molar-refractivity contribution is 6.30. The summed E-state index contributed by atoms with van der Waals surface area (Å²) in [7, 11) is 0. The number of benzene rings is 2. The van der Waals surface area contributed by atoms with E-state index in [1.165, 1.54) is 0 Å². The third-order valence-electron chi connectivity index (χ3n) is 3.86. The van der Waals surface area contributed by atoms with E-state index in [1.54, 1.807) is 35.1 Å². The summed E-state index contributed by atoms with van der Waals surface area (Å²) < 4.78 is 7.04. The Morgan fingerprint density at radius 3 is 2.54 bits per heavy atom. The monoisotopic (exact) mass is 336 g/mol. The minimum Gasteiger partial charge on any atom is -0.467 e. The molecule has 0 fully saturated rings. The molecule has 0 atom stereocenters. The van der Waals surface area contributed by atoms with Crippen molar-refractivity contribution in [1.29, 1.82) is 0 Å². The number of aromatic nitrogens is 2. The molecule has 0 aliphatic heterocycles. The second kappa shape index (κ2) is 5.98. The van der Waals surface area contributed by atoms with Gasteiger partial charge in [0.2, 0.25) is 0 Å². The number of rotatable bonds is 3. The number of para-hydroxylation sites is 1. The van der Waals surface area contributed by atoms with E-state index in [1.807, 2.05) is 36.4 Å². The van der Waals surface area contributed by atoms with Gasteiger partial charge < -0.3 is 4.42 Å². The van der Waals surface area contributed by atoms with Crippen molar-refractivity contribution in [3.63, 3.8) is 0 Å². The maximum absolute atomic E-state index is 13.0. The molecule has 0 unspecified atom stereocenters. The van der Waals surface area contributed by atoms with E-state index < -0.39 is 0 Å². The standard InChI is InChI=1S/C19H13ClN2O2/c20-14-9-7-13(8-10-14)18-21-17-6-2-1-5-16(17)19(23)22(18)12-15-4-3-11-24-15/h1-11H,12H2. The van der Waals surface area contributed by atoms with Crippen LogP contribution in [0.4, 0.5) is 0 Å². The van der Waals surface area contributed by atoms with Gasteiger partial charge in [-0.05, 0) is 48.5 Å². The van der Waals surface area contributed by atoms with Crippen LogP contribution in [0.2, 0.25) is 5.02 Å². The van der Waals surface area contributed by atoms with Crippen LogP contribution in [-0.2, 0) is 6.54 Å². The molecule has 5 heteroatoms. The SMILES string of the molecule is O=c1c2ccccc2nc(-c2ccc(Cl)cc2)n1Cc1ccco1. The molecule has 2 aromatic heterocycles. The fourth-order valence-corrected chi connectivity index (χ4v) is 2.82. The minimum absolute atomic E-state index is 0.0954. The molecule has 0 bridgehead atoms. The molecule has 0 saturated heterocycles. The first kappa shape index (κ1) is 14.7. The number of halogens is 1. The van der Waals surface area contributed by atoms with Gasteiger partial charge in [0, 0.05) is 10.6 Å². The largest absolute Gasteiger partial charge is 0.467 e. The Bertz CT molecular complexity index is 1050. The molecule has 2 heterocycles. The second-order valence-corrected chi connectivity index (χ2v) is 5.87. The van der Waals surface area contributed by atoms with Gasteiger partial charge in [-0.3, -0.25) is 9.36 Å². The molecule has 24 heavy (non-hydrogen) atoms. The summed E-state index contributed by atoms with van der Waals surface area (Å²) in [5.41, 5.74) is 1.40. The number of furan rings is 1. The van der Waals surface area contributed by atoms with Crippen molar-refractivity contribution >= 4 is 22.5 Å². The molecule has 118 valence electrons. The lowest BCUT2D eigenvalue weighted by molar-refractivity contribution is 0.490. The van der Waals surface area contributed by atoms with E-state index in [-0.39, 0.29) is 5.56 Å². The number of nitrogens with zero attached hydrogens (tertiary/aromatic N) is 2. The van der Waals surface area contributed by atoms with Gasteiger partial charge in [0.15, 0.2) is 0 Å². The average Bonchev–Trinajstić information content (AvgIpc) is 3.11. The highest BCUT2D eigenvalue weighted by Crippen LogP contribution is 2.22. The van der Waals surface area contributed by atoms with Crippen LogP contribution in [-0.4, -0.2) is 9.55 Å². The lowest BCUT2D eigenvalue weighted by atomic mass is 10.1. The molecular formula is C19H13ClN2O2. The first-order valence-electron chi connectivity index (χ1n) is 7.50. The number of hydrogen-bond donors (Lipinski definition) is 0. The Balaban J connectivity index is 1.98. The van der Waals surface area contributed by atoms with E-state index in [2.05, 4.69) is 0 Å². The predicted octanol–water partition coefficient (Wildman–Crippen LogP) is 4.36. The molecule has 0 aliphatic carbocycles. The molecule has 4 nitrogen and oxygen atoms in total. The highest BCUT2D eigenvalue weighted by atomic mass is 35.5. The van der Waals surface area contributed by atoms with Gasteiger partial charge in [-0.25, -0.2) is 4.98 Å². The van der Waals surface area contributed by atoms with Gasteiger partial charge in [-0.15, -0.1) is 0 Å². The summed E-state index contributed by atoms with van der Waals surface area (Å²) in [6.07, 6.45) is 1.59. The topological polar surface area (TPSA) is 48.0 Å². The molecule has 0 amide bonds. The number of hydrogen-bond acceptors (Lipinski definition) is 3. The Morgan fingerprint density at radius 2 is 1.79 bits per heavy atom. The van der Waals surface area contributed by atoms with Crippen LogP contribution in [0.5, 0.6) is 0 Å². The zero-order valence-electron chi connectivity index (χ0n) is 12.6. The smallest absolute Gasteiger partial charge is 0.262 e. The first-order valence-corrected chi connectivity index (χ1v) is 7.88. The van der Waals surface area contributed by atoms with Crippen molar-refractivity contribution in [1.82, 2.24) is 9.55 Å². The maximum Gasteiger partial charge on any atom is 0.262 e. The van der Waals surface area contributed by atoms with Crippen molar-refractivity contribution in [3.05, 3.63) is 88.1 Å². The van der Waals surface area contributed by atoms with Crippen LogP contribution in [0.25, 0.3) is 22.3 Å². The molecular weight excluding hydrogens is 324 g/mol. The second-order valence-electron chi connectivity index (χ2n) is 5.43. The van der Waals surface area contributed by atoms with Gasteiger partial charge in [0.05, 0.1) is 23.7 Å². The van der Waals surface area contributed by atoms with E-state index in [0.717, 1.165) is 5.56 Å². The molecule has 0 spiro atoms. The van der Waals surface area contributed by atoms with Gasteiger partial charge in [-0.2, -0.15) is 0 Å². The molecule has 0 radical (unpaired) electrons. The van der Waals surface area contributed by atoms with Gasteiger partial charge in [0.1, 0.15) is 11.6 Å². The molecule has 0 aliphatic rings. The first-order chi connectivity index (χ1) is 11.7. The Morgan fingerprint density at radius 1 is 1.00 bits per heavy atom. The summed E-state index contributed by atoms with van der Waals surface area (Å²) in [4.78, 5) is 17.7. The lowest BCUT2D eigenvalue weighted by Crippen LogP contribution is -2.24. The zero-order chi connectivity index (χ0) is 16.5. The summed E-state index contributed by atoms with van der Waals surface area (Å²) in [6, 6.07) is 18.3. The normalized spacial score (nSPS) is 11.0. The van der Waals surface area contributed by atoms with E-state index in [9.17, 15) is 4.79 Å². The van der Waals surface area contributed by atoms with Crippen molar-refractivity contribution in [2.24, 2.45) is 0 Å². The summed E-state index contributed by atoms with van der Waals surface area (Å²) in [6.45, 7) is 0.321. The van der Waals surface area contributed by atoms with Crippen LogP contribution in [0.3, 0.4) is 0 Å². The fraction of sp³-hybridized carbons (Fsp3) is 0.0526. The third-order valence-corrected chi connectivity index (χ3v) is 4.11. The van der Waals surface area contributed by atoms with Crippen LogP contribution in [0.1, 0.15) is 5.76 Å². The lowest BCUT2D eigenvalue weighted by Gasteiger charge is -2.13. The Labute approximate surface area is 143 Å². The molecule has 2 aromatic carbocycles. The summed E-state index contributed by atoms with van der Waals surface area (Å²) >= 11 is 5.98. The number of fused-ring (bicyclic) bond motifs is 1. The predicted molar refractivity (Wildman–Crippen MR) is 94.3 cm³/mol. The molecule has 4 rings (SSSR count). The fourth-order valence-electron chi connectivity index (χ4n) is 2.69. The Hall–Kier alpha value is -2.85. The van der Waals surface area contributed by atoms with E-state index >= 15 is 0 Å². The van der Waals surface area contributed by atoms with E-state index in [0.29, 0.717) is 34.1 Å². The van der Waals surface area contributed by atoms with Crippen molar-refractivity contribution in [2.45, 2.75) is 6.54 Å². The van der Waals surface area contributed by atoms with Crippen LogP contribution in [0.15, 0.2) is 76.1 Å². The van der Waals surface area contributed by atoms with Gasteiger partial charge >= 0.3 is 0 Å². The van der Waals surface area contributed by atoms with Crippen LogP contribution >= 0.6 is 11.6 Å². The quantitative estimate of drug-likeness (QED) is 0.558. The van der Waals surface area contributed by atoms with Gasteiger partial charge in [0.25, 0.3) is 5.56 Å². The van der Waals surface area contributed by atoms with Crippen molar-refractivity contribution < 1.29 is 4.42 Å². The van der Waals surface area contributed by atoms with E-state index in [4.69, 9.17) is 21.0 Å². The minimum atomic E-state index is -0.0954. The molecule has 0 N–H and O–H groups in total. The molecule has 4 aromatic rings. The third kappa shape index (κ3) is 2.61. The average molecular weight is 337 g/mol. The maximum atomic E-state index is 13.0. The van der Waals surface area contributed by atoms with Crippen molar-refractivity contribution in [3.8, 4) is 11.4 Å². The zero-order valence-corrected chi connectivity index (χ0v) is 13.4.